The van der Waals surface area contributed by atoms with Crippen LogP contribution < -0.4 is 5.32 Å². The van der Waals surface area contributed by atoms with E-state index in [1.165, 1.54) is 6.07 Å². The second kappa shape index (κ2) is 5.63. The Morgan fingerprint density at radius 2 is 2.00 bits per heavy atom. The summed E-state index contributed by atoms with van der Waals surface area (Å²) >= 11 is 6.53. The lowest BCUT2D eigenvalue weighted by molar-refractivity contribution is -0.119. The first kappa shape index (κ1) is 14.5. The van der Waals surface area contributed by atoms with Gasteiger partial charge in [-0.05, 0) is 46.8 Å². The van der Waals surface area contributed by atoms with Gasteiger partial charge >= 0.3 is 5.97 Å². The smallest absolute Gasteiger partial charge is 0.337 e. The average molecular weight is 391 g/mol. The molecule has 4 nitrogen and oxygen atoms in total. The highest BCUT2D eigenvalue weighted by molar-refractivity contribution is 9.11. The summed E-state index contributed by atoms with van der Waals surface area (Å²) in [6.07, 6.45) is 2.14. The Kier molecular flexibility index (Phi) is 4.30. The number of carbonyl (C=O) groups is 2. The Bertz CT molecular complexity index is 541. The number of carboxylic acids is 1. The van der Waals surface area contributed by atoms with Crippen molar-refractivity contribution in [2.24, 2.45) is 11.8 Å². The molecular formula is C13H13Br2NO3. The largest absolute Gasteiger partial charge is 0.478 e. The molecule has 0 spiro atoms. The van der Waals surface area contributed by atoms with Crippen molar-refractivity contribution in [1.29, 1.82) is 0 Å². The maximum Gasteiger partial charge on any atom is 0.337 e. The molecule has 2 N–H and O–H groups in total. The lowest BCUT2D eigenvalue weighted by atomic mass is 10.1. The van der Waals surface area contributed by atoms with Gasteiger partial charge in [0.05, 0.1) is 11.3 Å². The Hall–Kier alpha value is -0.880. The summed E-state index contributed by atoms with van der Waals surface area (Å²) in [5, 5.41) is 11.9. The molecule has 1 aromatic carbocycles. The van der Waals surface area contributed by atoms with E-state index in [-0.39, 0.29) is 17.4 Å². The third-order valence-corrected chi connectivity index (χ3v) is 4.36. The Morgan fingerprint density at radius 1 is 1.37 bits per heavy atom. The molecule has 19 heavy (non-hydrogen) atoms. The summed E-state index contributed by atoms with van der Waals surface area (Å²) < 4.78 is 1.20. The third-order valence-electron chi connectivity index (χ3n) is 3.28. The van der Waals surface area contributed by atoms with E-state index in [0.29, 0.717) is 20.6 Å². The molecule has 0 radical (unpaired) electrons. The Balaban J connectivity index is 2.28. The van der Waals surface area contributed by atoms with Gasteiger partial charge in [-0.2, -0.15) is 0 Å². The van der Waals surface area contributed by atoms with E-state index in [4.69, 9.17) is 0 Å². The minimum absolute atomic E-state index is 0.0672. The van der Waals surface area contributed by atoms with Crippen molar-refractivity contribution < 1.29 is 14.7 Å². The first-order valence-electron chi connectivity index (χ1n) is 5.93. The van der Waals surface area contributed by atoms with Crippen LogP contribution in [0.2, 0.25) is 0 Å². The van der Waals surface area contributed by atoms with Crippen molar-refractivity contribution >= 4 is 49.4 Å². The number of anilines is 1. The highest BCUT2D eigenvalue weighted by Gasteiger charge is 2.33. The van der Waals surface area contributed by atoms with Crippen LogP contribution in [0.1, 0.15) is 30.1 Å². The minimum atomic E-state index is -1.07. The molecule has 0 aliphatic heterocycles. The van der Waals surface area contributed by atoms with Crippen molar-refractivity contribution in [1.82, 2.24) is 0 Å². The van der Waals surface area contributed by atoms with Crippen LogP contribution in [0.25, 0.3) is 0 Å². The van der Waals surface area contributed by atoms with Crippen LogP contribution in [0.3, 0.4) is 0 Å². The van der Waals surface area contributed by atoms with Crippen LogP contribution in [0.5, 0.6) is 0 Å². The maximum absolute atomic E-state index is 12.1. The molecule has 1 aliphatic carbocycles. The van der Waals surface area contributed by atoms with Gasteiger partial charge in [0, 0.05) is 14.9 Å². The molecule has 2 rings (SSSR count). The fraction of sp³-hybridized carbons (Fsp3) is 0.385. The van der Waals surface area contributed by atoms with E-state index in [2.05, 4.69) is 37.2 Å². The van der Waals surface area contributed by atoms with Gasteiger partial charge in [-0.15, -0.1) is 0 Å². The van der Waals surface area contributed by atoms with E-state index in [9.17, 15) is 14.7 Å². The van der Waals surface area contributed by atoms with Crippen molar-refractivity contribution in [3.8, 4) is 0 Å². The highest BCUT2D eigenvalue weighted by Crippen LogP contribution is 2.38. The fourth-order valence-electron chi connectivity index (χ4n) is 1.92. The number of rotatable bonds is 4. The standard InChI is InChI=1S/C13H13Br2NO3/c1-6(7-2-3-7)12(17)16-11-9(13(18)19)4-8(14)5-10(11)15/h4-7H,2-3H2,1H3,(H,16,17)(H,18,19). The number of halogens is 2. The summed E-state index contributed by atoms with van der Waals surface area (Å²) in [4.78, 5) is 23.3. The molecular weight excluding hydrogens is 378 g/mol. The molecule has 1 aromatic rings. The van der Waals surface area contributed by atoms with E-state index in [1.54, 1.807) is 6.07 Å². The van der Waals surface area contributed by atoms with Gasteiger partial charge in [-0.1, -0.05) is 22.9 Å². The van der Waals surface area contributed by atoms with Crippen LogP contribution in [0.15, 0.2) is 21.1 Å². The monoisotopic (exact) mass is 389 g/mol. The van der Waals surface area contributed by atoms with E-state index >= 15 is 0 Å². The van der Waals surface area contributed by atoms with E-state index in [1.807, 2.05) is 6.92 Å². The number of nitrogens with one attached hydrogen (secondary N) is 1. The number of benzene rings is 1. The second-order valence-corrected chi connectivity index (χ2v) is 6.50. The lowest BCUT2D eigenvalue weighted by Crippen LogP contribution is -2.23. The van der Waals surface area contributed by atoms with Gasteiger partial charge < -0.3 is 10.4 Å². The van der Waals surface area contributed by atoms with Gasteiger partial charge in [0.25, 0.3) is 0 Å². The quantitative estimate of drug-likeness (QED) is 0.819. The molecule has 0 bridgehead atoms. The molecule has 6 heteroatoms. The molecule has 1 aliphatic rings. The summed E-state index contributed by atoms with van der Waals surface area (Å²) in [5.74, 6) is -0.857. The Labute approximate surface area is 127 Å². The zero-order valence-electron chi connectivity index (χ0n) is 10.2. The maximum atomic E-state index is 12.1. The molecule has 0 saturated heterocycles. The minimum Gasteiger partial charge on any atom is -0.478 e. The SMILES string of the molecule is CC(C(=O)Nc1c(Br)cc(Br)cc1C(=O)O)C1CC1. The molecule has 1 amide bonds. The molecule has 1 unspecified atom stereocenters. The van der Waals surface area contributed by atoms with Gasteiger partial charge in [0.15, 0.2) is 0 Å². The van der Waals surface area contributed by atoms with Crippen molar-refractivity contribution in [3.05, 3.63) is 26.6 Å². The van der Waals surface area contributed by atoms with Crippen LogP contribution in [-0.2, 0) is 4.79 Å². The fourth-order valence-corrected chi connectivity index (χ4v) is 3.24. The van der Waals surface area contributed by atoms with Crippen LogP contribution in [-0.4, -0.2) is 17.0 Å². The first-order valence-corrected chi connectivity index (χ1v) is 7.52. The van der Waals surface area contributed by atoms with E-state index < -0.39 is 5.97 Å². The summed E-state index contributed by atoms with van der Waals surface area (Å²) in [5.41, 5.74) is 0.380. The van der Waals surface area contributed by atoms with Crippen LogP contribution in [0.4, 0.5) is 5.69 Å². The van der Waals surface area contributed by atoms with Gasteiger partial charge in [0.1, 0.15) is 0 Å². The molecule has 0 aromatic heterocycles. The predicted molar refractivity (Wildman–Crippen MR) is 79.3 cm³/mol. The van der Waals surface area contributed by atoms with Gasteiger partial charge in [0.2, 0.25) is 5.91 Å². The first-order chi connectivity index (χ1) is 8.90. The molecule has 1 atom stereocenters. The molecule has 0 heterocycles. The molecule has 102 valence electrons. The zero-order chi connectivity index (χ0) is 14.2. The number of carbonyl (C=O) groups excluding carboxylic acids is 1. The number of amides is 1. The number of carboxylic acid groups (broad SMARTS) is 1. The Morgan fingerprint density at radius 3 is 2.53 bits per heavy atom. The molecule has 1 saturated carbocycles. The van der Waals surface area contributed by atoms with Crippen molar-refractivity contribution in [2.45, 2.75) is 19.8 Å². The summed E-state index contributed by atoms with van der Waals surface area (Å²) in [7, 11) is 0. The predicted octanol–water partition coefficient (Wildman–Crippen LogP) is 3.89. The van der Waals surface area contributed by atoms with Crippen molar-refractivity contribution in [3.63, 3.8) is 0 Å². The zero-order valence-corrected chi connectivity index (χ0v) is 13.4. The number of hydrogen-bond donors (Lipinski definition) is 2. The number of aromatic carboxylic acids is 1. The second-order valence-electron chi connectivity index (χ2n) is 4.73. The van der Waals surface area contributed by atoms with Crippen molar-refractivity contribution in [2.75, 3.05) is 5.32 Å². The van der Waals surface area contributed by atoms with Gasteiger partial charge in [-0.3, -0.25) is 4.79 Å². The topological polar surface area (TPSA) is 66.4 Å². The summed E-state index contributed by atoms with van der Waals surface area (Å²) in [6.45, 7) is 1.88. The third kappa shape index (κ3) is 3.36. The van der Waals surface area contributed by atoms with Crippen LogP contribution >= 0.6 is 31.9 Å². The van der Waals surface area contributed by atoms with E-state index in [0.717, 1.165) is 12.8 Å². The van der Waals surface area contributed by atoms with Gasteiger partial charge in [-0.25, -0.2) is 4.79 Å². The normalized spacial score (nSPS) is 15.9. The molecule has 1 fully saturated rings. The summed E-state index contributed by atoms with van der Waals surface area (Å²) in [6, 6.07) is 3.19. The number of hydrogen-bond acceptors (Lipinski definition) is 2. The van der Waals surface area contributed by atoms with Crippen LogP contribution in [0, 0.1) is 11.8 Å². The highest BCUT2D eigenvalue weighted by atomic mass is 79.9. The lowest BCUT2D eigenvalue weighted by Gasteiger charge is -2.14. The average Bonchev–Trinajstić information content (AvgIpc) is 3.14.